The largest absolute Gasteiger partial charge is 0.325 e. The predicted molar refractivity (Wildman–Crippen MR) is 107 cm³/mol. The van der Waals surface area contributed by atoms with Crippen molar-refractivity contribution in [1.82, 2.24) is 10.2 Å². The van der Waals surface area contributed by atoms with Crippen molar-refractivity contribution < 1.29 is 23.2 Å². The lowest BCUT2D eigenvalue weighted by Gasteiger charge is -2.22. The van der Waals surface area contributed by atoms with Crippen molar-refractivity contribution in [3.63, 3.8) is 0 Å². The Morgan fingerprint density at radius 2 is 1.80 bits per heavy atom. The number of amides is 4. The molecular formula is C22H17F2N3O3. The van der Waals surface area contributed by atoms with Gasteiger partial charge in [-0.15, -0.1) is 0 Å². The maximum Gasteiger partial charge on any atom is 0.325 e. The van der Waals surface area contributed by atoms with Crippen LogP contribution in [0.15, 0.2) is 60.7 Å². The van der Waals surface area contributed by atoms with E-state index in [2.05, 4.69) is 10.6 Å². The van der Waals surface area contributed by atoms with Crippen molar-refractivity contribution in [3.8, 4) is 0 Å². The maximum atomic E-state index is 14.2. The minimum Gasteiger partial charge on any atom is -0.324 e. The van der Waals surface area contributed by atoms with Gasteiger partial charge in [0.05, 0.1) is 0 Å². The van der Waals surface area contributed by atoms with Gasteiger partial charge in [-0.1, -0.05) is 36.4 Å². The molecule has 1 atom stereocenters. The highest BCUT2D eigenvalue weighted by Gasteiger charge is 2.50. The predicted octanol–water partition coefficient (Wildman–Crippen LogP) is 3.52. The van der Waals surface area contributed by atoms with E-state index in [0.29, 0.717) is 10.6 Å². The molecule has 4 amide bonds. The van der Waals surface area contributed by atoms with Gasteiger partial charge in [-0.3, -0.25) is 14.5 Å². The Balaban J connectivity index is 1.56. The summed E-state index contributed by atoms with van der Waals surface area (Å²) in [5, 5.41) is 6.78. The number of nitrogens with zero attached hydrogens (tertiary/aromatic N) is 1. The average molecular weight is 409 g/mol. The SMILES string of the molecule is C[C@@]1(c2cc(F)ccc2F)NC(=O)N(CC(=O)Nc2cccc3ccccc23)C1=O. The second-order valence-electron chi connectivity index (χ2n) is 7.15. The molecule has 1 aliphatic heterocycles. The lowest BCUT2D eigenvalue weighted by molar-refractivity contribution is -0.133. The number of benzene rings is 3. The first-order valence-electron chi connectivity index (χ1n) is 9.17. The number of nitrogens with one attached hydrogen (secondary N) is 2. The summed E-state index contributed by atoms with van der Waals surface area (Å²) < 4.78 is 27.8. The summed E-state index contributed by atoms with van der Waals surface area (Å²) >= 11 is 0. The van der Waals surface area contributed by atoms with E-state index in [1.165, 1.54) is 6.92 Å². The molecule has 4 rings (SSSR count). The van der Waals surface area contributed by atoms with Gasteiger partial charge in [0, 0.05) is 16.6 Å². The lowest BCUT2D eigenvalue weighted by Crippen LogP contribution is -2.42. The van der Waals surface area contributed by atoms with E-state index < -0.39 is 41.6 Å². The van der Waals surface area contributed by atoms with Gasteiger partial charge in [-0.25, -0.2) is 13.6 Å². The summed E-state index contributed by atoms with van der Waals surface area (Å²) in [6.45, 7) is 0.702. The van der Waals surface area contributed by atoms with Gasteiger partial charge in [0.15, 0.2) is 0 Å². The van der Waals surface area contributed by atoms with Crippen molar-refractivity contribution in [1.29, 1.82) is 0 Å². The number of carbonyl (C=O) groups is 3. The molecule has 0 saturated carbocycles. The van der Waals surface area contributed by atoms with E-state index in [-0.39, 0.29) is 5.56 Å². The number of hydrogen-bond acceptors (Lipinski definition) is 3. The highest BCUT2D eigenvalue weighted by Crippen LogP contribution is 2.31. The quantitative estimate of drug-likeness (QED) is 0.647. The minimum absolute atomic E-state index is 0.308. The molecule has 0 aromatic heterocycles. The molecule has 3 aromatic rings. The Morgan fingerprint density at radius 3 is 2.60 bits per heavy atom. The number of hydrogen-bond donors (Lipinski definition) is 2. The molecule has 6 nitrogen and oxygen atoms in total. The van der Waals surface area contributed by atoms with Gasteiger partial charge < -0.3 is 10.6 Å². The normalized spacial score (nSPS) is 18.6. The van der Waals surface area contributed by atoms with Crippen LogP contribution in [-0.4, -0.2) is 29.3 Å². The molecule has 2 N–H and O–H groups in total. The molecule has 0 radical (unpaired) electrons. The summed E-state index contributed by atoms with van der Waals surface area (Å²) in [6, 6.07) is 14.6. The highest BCUT2D eigenvalue weighted by atomic mass is 19.1. The number of halogens is 2. The van der Waals surface area contributed by atoms with E-state index in [1.807, 2.05) is 30.3 Å². The van der Waals surface area contributed by atoms with Crippen LogP contribution in [0.25, 0.3) is 10.8 Å². The monoisotopic (exact) mass is 409 g/mol. The van der Waals surface area contributed by atoms with Crippen molar-refractivity contribution >= 4 is 34.3 Å². The van der Waals surface area contributed by atoms with Gasteiger partial charge in [-0.2, -0.15) is 0 Å². The Labute approximate surface area is 170 Å². The molecule has 8 heteroatoms. The Morgan fingerprint density at radius 1 is 1.07 bits per heavy atom. The third-order valence-electron chi connectivity index (χ3n) is 5.11. The van der Waals surface area contributed by atoms with Crippen molar-refractivity contribution in [2.45, 2.75) is 12.5 Å². The fraction of sp³-hybridized carbons (Fsp3) is 0.136. The number of fused-ring (bicyclic) bond motifs is 1. The summed E-state index contributed by atoms with van der Waals surface area (Å²) in [6.07, 6.45) is 0. The molecule has 152 valence electrons. The van der Waals surface area contributed by atoms with Gasteiger partial charge in [0.2, 0.25) is 5.91 Å². The van der Waals surface area contributed by atoms with Crippen LogP contribution in [0.3, 0.4) is 0 Å². The van der Waals surface area contributed by atoms with Crippen LogP contribution >= 0.6 is 0 Å². The summed E-state index contributed by atoms with van der Waals surface area (Å²) in [4.78, 5) is 38.5. The first-order valence-corrected chi connectivity index (χ1v) is 9.17. The van der Waals surface area contributed by atoms with Crippen LogP contribution in [0.2, 0.25) is 0 Å². The van der Waals surface area contributed by atoms with Gasteiger partial charge in [0.25, 0.3) is 5.91 Å². The van der Waals surface area contributed by atoms with E-state index in [0.717, 1.165) is 29.0 Å². The second-order valence-corrected chi connectivity index (χ2v) is 7.15. The molecule has 0 aliphatic carbocycles. The van der Waals surface area contributed by atoms with Crippen LogP contribution in [0.1, 0.15) is 12.5 Å². The topological polar surface area (TPSA) is 78.5 Å². The Bertz CT molecular complexity index is 1190. The second kappa shape index (κ2) is 7.22. The molecular weight excluding hydrogens is 392 g/mol. The third kappa shape index (κ3) is 3.26. The van der Waals surface area contributed by atoms with Gasteiger partial charge in [0.1, 0.15) is 23.7 Å². The number of imide groups is 1. The number of anilines is 1. The molecule has 0 unspecified atom stereocenters. The molecule has 0 bridgehead atoms. The van der Waals surface area contributed by atoms with Gasteiger partial charge in [-0.05, 0) is 36.6 Å². The van der Waals surface area contributed by atoms with Crippen molar-refractivity contribution in [2.24, 2.45) is 0 Å². The third-order valence-corrected chi connectivity index (χ3v) is 5.11. The van der Waals surface area contributed by atoms with Crippen LogP contribution < -0.4 is 10.6 Å². The molecule has 1 fully saturated rings. The van der Waals surface area contributed by atoms with Crippen LogP contribution in [0, 0.1) is 11.6 Å². The first kappa shape index (κ1) is 19.5. The first-order chi connectivity index (χ1) is 14.3. The molecule has 3 aromatic carbocycles. The van der Waals surface area contributed by atoms with Gasteiger partial charge >= 0.3 is 6.03 Å². The molecule has 0 spiro atoms. The van der Waals surface area contributed by atoms with Crippen LogP contribution in [-0.2, 0) is 15.1 Å². The maximum absolute atomic E-state index is 14.2. The summed E-state index contributed by atoms with van der Waals surface area (Å²) in [5.74, 6) is -3.03. The van der Waals surface area contributed by atoms with E-state index in [4.69, 9.17) is 0 Å². The number of carbonyl (C=O) groups excluding carboxylic acids is 3. The molecule has 1 heterocycles. The zero-order valence-corrected chi connectivity index (χ0v) is 15.9. The number of urea groups is 1. The van der Waals surface area contributed by atoms with Crippen molar-refractivity contribution in [3.05, 3.63) is 77.9 Å². The lowest BCUT2D eigenvalue weighted by atomic mass is 9.91. The zero-order chi connectivity index (χ0) is 21.5. The fourth-order valence-electron chi connectivity index (χ4n) is 3.57. The molecule has 1 aliphatic rings. The standard InChI is InChI=1S/C22H17F2N3O3/c1-22(16-11-14(23)9-10-17(16)24)20(29)27(21(30)26-22)12-19(28)25-18-8-4-6-13-5-2-3-7-15(13)18/h2-11H,12H2,1H3,(H,25,28)(H,26,30)/t22-/m0/s1. The van der Waals surface area contributed by atoms with E-state index >= 15 is 0 Å². The Kier molecular flexibility index (Phi) is 4.69. The summed E-state index contributed by atoms with van der Waals surface area (Å²) in [7, 11) is 0. The van der Waals surface area contributed by atoms with Crippen LogP contribution in [0.5, 0.6) is 0 Å². The average Bonchev–Trinajstić information content (AvgIpc) is 2.94. The van der Waals surface area contributed by atoms with Crippen LogP contribution in [0.4, 0.5) is 19.3 Å². The van der Waals surface area contributed by atoms with Crippen molar-refractivity contribution in [2.75, 3.05) is 11.9 Å². The van der Waals surface area contributed by atoms with E-state index in [1.54, 1.807) is 12.1 Å². The molecule has 1 saturated heterocycles. The zero-order valence-electron chi connectivity index (χ0n) is 15.9. The molecule has 30 heavy (non-hydrogen) atoms. The van der Waals surface area contributed by atoms with E-state index in [9.17, 15) is 23.2 Å². The highest BCUT2D eigenvalue weighted by molar-refractivity contribution is 6.11. The summed E-state index contributed by atoms with van der Waals surface area (Å²) in [5.41, 5.74) is -1.59. The smallest absolute Gasteiger partial charge is 0.324 e. The minimum atomic E-state index is -1.82. The number of rotatable bonds is 4. The fourth-order valence-corrected chi connectivity index (χ4v) is 3.57. The Hall–Kier alpha value is -3.81.